The molecule has 1 aliphatic rings. The number of guanidine groups is 1. The highest BCUT2D eigenvalue weighted by atomic mass is 32.2. The Balaban J connectivity index is 2.40. The first-order chi connectivity index (χ1) is 20.1. The fourth-order valence-corrected chi connectivity index (χ4v) is 9.03. The van der Waals surface area contributed by atoms with E-state index < -0.39 is 77.3 Å². The lowest BCUT2D eigenvalue weighted by Crippen LogP contribution is -2.66. The normalized spacial score (nSPS) is 16.7. The molecule has 0 aromatic heterocycles. The van der Waals surface area contributed by atoms with Gasteiger partial charge in [0.05, 0.1) is 16.3 Å². The molecule has 7 N–H and O–H groups in total. The van der Waals surface area contributed by atoms with Crippen molar-refractivity contribution in [2.24, 2.45) is 11.5 Å². The molecule has 0 unspecified atom stereocenters. The standard InChI is InChI=1S/C27H36N6O8S2/c1-18-6-10-20(11-7-18)42(38,39)27(25(36)37,14-4-15-31-26(29)30)33(43(40,41)21-12-8-19(2)9-13-21)24(35)22-5-3-16-32(22)23(34)17-28/h6-13,22H,3-5,14-17,28H2,1-2H3,(H,36,37)(H4,29,30,31)/t22-,27+/m0/s1. The Labute approximate surface area is 250 Å². The summed E-state index contributed by atoms with van der Waals surface area (Å²) in [6.07, 6.45) is -1.02. The highest BCUT2D eigenvalue weighted by Gasteiger charge is 2.63. The van der Waals surface area contributed by atoms with E-state index in [0.29, 0.717) is 11.1 Å². The van der Waals surface area contributed by atoms with E-state index in [1.54, 1.807) is 13.8 Å². The van der Waals surface area contributed by atoms with Gasteiger partial charge in [0.1, 0.15) is 6.04 Å². The molecule has 2 aromatic carbocycles. The number of aryl methyl sites for hydroxylation is 2. The fraction of sp³-hybridized carbons (Fsp3) is 0.407. The zero-order chi connectivity index (χ0) is 32.2. The van der Waals surface area contributed by atoms with Gasteiger partial charge in [-0.1, -0.05) is 35.4 Å². The summed E-state index contributed by atoms with van der Waals surface area (Å²) in [6, 6.07) is 8.74. The molecule has 234 valence electrons. The maximum atomic E-state index is 14.5. The minimum absolute atomic E-state index is 0.0399. The van der Waals surface area contributed by atoms with Gasteiger partial charge >= 0.3 is 5.97 Å². The quantitative estimate of drug-likeness (QED) is 0.121. The summed E-state index contributed by atoms with van der Waals surface area (Å²) in [5.41, 5.74) is 12.1. The highest BCUT2D eigenvalue weighted by Crippen LogP contribution is 2.40. The largest absolute Gasteiger partial charge is 0.479 e. The van der Waals surface area contributed by atoms with Crippen LogP contribution in [0.4, 0.5) is 0 Å². The molecular weight excluding hydrogens is 600 g/mol. The monoisotopic (exact) mass is 636 g/mol. The van der Waals surface area contributed by atoms with E-state index >= 15 is 0 Å². The summed E-state index contributed by atoms with van der Waals surface area (Å²) in [7, 11) is -10.4. The number of carboxylic acid groups (broad SMARTS) is 1. The van der Waals surface area contributed by atoms with Crippen LogP contribution in [0.2, 0.25) is 0 Å². The summed E-state index contributed by atoms with van der Waals surface area (Å²) >= 11 is 0. The van der Waals surface area contributed by atoms with Crippen LogP contribution in [-0.2, 0) is 34.2 Å². The first-order valence-electron chi connectivity index (χ1n) is 13.4. The van der Waals surface area contributed by atoms with E-state index in [1.807, 2.05) is 0 Å². The third-order valence-electron chi connectivity index (χ3n) is 7.24. The Bertz CT molecular complexity index is 1590. The van der Waals surface area contributed by atoms with E-state index in [4.69, 9.17) is 16.9 Å². The van der Waals surface area contributed by atoms with Crippen molar-refractivity contribution in [3.8, 4) is 0 Å². The van der Waals surface area contributed by atoms with Gasteiger partial charge in [-0.2, -0.15) is 0 Å². The lowest BCUT2D eigenvalue weighted by Gasteiger charge is -2.41. The van der Waals surface area contributed by atoms with Gasteiger partial charge in [0.25, 0.3) is 20.8 Å². The van der Waals surface area contributed by atoms with Gasteiger partial charge in [0.2, 0.25) is 15.7 Å². The Morgan fingerprint density at radius 3 is 2.05 bits per heavy atom. The Kier molecular flexibility index (Phi) is 10.2. The number of amides is 2. The van der Waals surface area contributed by atoms with Gasteiger partial charge in [-0.25, -0.2) is 25.9 Å². The number of hydrogen-bond acceptors (Lipinski definition) is 9. The van der Waals surface area contributed by atoms with Gasteiger partial charge in [-0.3, -0.25) is 15.0 Å². The van der Waals surface area contributed by atoms with Crippen molar-refractivity contribution in [3.05, 3.63) is 59.7 Å². The van der Waals surface area contributed by atoms with Crippen molar-refractivity contribution in [2.75, 3.05) is 19.6 Å². The van der Waals surface area contributed by atoms with Crippen LogP contribution in [0.1, 0.15) is 36.8 Å². The predicted octanol–water partition coefficient (Wildman–Crippen LogP) is 0.289. The van der Waals surface area contributed by atoms with Crippen LogP contribution in [0.15, 0.2) is 58.3 Å². The lowest BCUT2D eigenvalue weighted by molar-refractivity contribution is -0.151. The number of sulfone groups is 1. The molecule has 43 heavy (non-hydrogen) atoms. The van der Waals surface area contributed by atoms with Gasteiger partial charge in [0.15, 0.2) is 5.96 Å². The average molecular weight is 637 g/mol. The highest BCUT2D eigenvalue weighted by molar-refractivity contribution is 7.95. The van der Waals surface area contributed by atoms with Crippen molar-refractivity contribution in [1.82, 2.24) is 14.5 Å². The molecule has 1 saturated heterocycles. The van der Waals surface area contributed by atoms with Crippen LogP contribution < -0.4 is 16.8 Å². The number of hydrogen-bond donors (Lipinski definition) is 5. The van der Waals surface area contributed by atoms with E-state index in [0.717, 1.165) is 29.2 Å². The molecule has 0 radical (unpaired) electrons. The number of carboxylic acids is 1. The van der Waals surface area contributed by atoms with Crippen molar-refractivity contribution in [3.63, 3.8) is 0 Å². The first kappa shape index (κ1) is 33.5. The van der Waals surface area contributed by atoms with Crippen molar-refractivity contribution in [2.45, 2.75) is 60.2 Å². The number of benzene rings is 2. The van der Waals surface area contributed by atoms with Gasteiger partial charge < -0.3 is 26.8 Å². The number of carbonyl (C=O) groups is 3. The zero-order valence-corrected chi connectivity index (χ0v) is 25.4. The topological polar surface area (TPSA) is 234 Å². The molecule has 1 fully saturated rings. The number of nitrogens with zero attached hydrogens (tertiary/aromatic N) is 2. The second-order valence-corrected chi connectivity index (χ2v) is 14.2. The van der Waals surface area contributed by atoms with E-state index in [2.05, 4.69) is 5.32 Å². The number of carbonyl (C=O) groups excluding carboxylic acids is 2. The maximum absolute atomic E-state index is 14.5. The molecular formula is C27H36N6O8S2. The number of nitrogens with one attached hydrogen (secondary N) is 2. The van der Waals surface area contributed by atoms with Crippen LogP contribution in [-0.4, -0.2) is 85.4 Å². The minimum atomic E-state index is -5.21. The molecule has 2 aromatic rings. The van der Waals surface area contributed by atoms with Crippen LogP contribution in [0.25, 0.3) is 0 Å². The van der Waals surface area contributed by atoms with E-state index in [1.165, 1.54) is 24.3 Å². The first-order valence-corrected chi connectivity index (χ1v) is 16.3. The summed E-state index contributed by atoms with van der Waals surface area (Å²) in [4.78, 5) is 37.0. The molecule has 14 nitrogen and oxygen atoms in total. The van der Waals surface area contributed by atoms with Gasteiger partial charge in [-0.15, -0.1) is 0 Å². The van der Waals surface area contributed by atoms with Crippen LogP contribution in [0.3, 0.4) is 0 Å². The van der Waals surface area contributed by atoms with Crippen molar-refractivity contribution in [1.29, 1.82) is 5.41 Å². The SMILES string of the molecule is Cc1ccc(S(=O)(=O)N(C(=O)[C@@H]2CCCN2C(=O)CN)[C@@](CCCNC(=N)N)(C(=O)O)S(=O)(=O)c2ccc(C)cc2)cc1. The second kappa shape index (κ2) is 13.1. The van der Waals surface area contributed by atoms with E-state index in [9.17, 15) is 36.3 Å². The number of sulfonamides is 1. The average Bonchev–Trinajstić information content (AvgIpc) is 3.44. The molecule has 16 heteroatoms. The maximum Gasteiger partial charge on any atom is 0.347 e. The van der Waals surface area contributed by atoms with Crippen LogP contribution in [0.5, 0.6) is 0 Å². The summed E-state index contributed by atoms with van der Waals surface area (Å²) in [5.74, 6) is -4.67. The Hall–Kier alpha value is -4.02. The number of aliphatic carboxylic acids is 1. The predicted molar refractivity (Wildman–Crippen MR) is 157 cm³/mol. The lowest BCUT2D eigenvalue weighted by atomic mass is 10.1. The molecule has 1 aliphatic heterocycles. The van der Waals surface area contributed by atoms with Gasteiger partial charge in [0, 0.05) is 13.1 Å². The van der Waals surface area contributed by atoms with E-state index in [-0.39, 0.29) is 36.7 Å². The molecule has 3 rings (SSSR count). The molecule has 0 aliphatic carbocycles. The molecule has 0 saturated carbocycles. The van der Waals surface area contributed by atoms with Gasteiger partial charge in [-0.05, 0) is 63.8 Å². The summed E-state index contributed by atoms with van der Waals surface area (Å²) in [6.45, 7) is 2.69. The molecule has 0 spiro atoms. The summed E-state index contributed by atoms with van der Waals surface area (Å²) < 4.78 is 57.7. The minimum Gasteiger partial charge on any atom is -0.479 e. The fourth-order valence-electron chi connectivity index (χ4n) is 5.00. The Morgan fingerprint density at radius 2 is 1.56 bits per heavy atom. The molecule has 0 bridgehead atoms. The number of likely N-dealkylation sites (tertiary alicyclic amines) is 1. The van der Waals surface area contributed by atoms with Crippen molar-refractivity contribution >= 4 is 43.6 Å². The number of rotatable bonds is 12. The third-order valence-corrected chi connectivity index (χ3v) is 11.5. The zero-order valence-electron chi connectivity index (χ0n) is 23.8. The third kappa shape index (κ3) is 6.50. The summed E-state index contributed by atoms with van der Waals surface area (Å²) in [5, 5.41) is 20.6. The molecule has 1 heterocycles. The van der Waals surface area contributed by atoms with Crippen molar-refractivity contribution < 1.29 is 36.3 Å². The smallest absolute Gasteiger partial charge is 0.347 e. The number of nitrogens with two attached hydrogens (primary N) is 2. The van der Waals surface area contributed by atoms with Crippen LogP contribution in [0, 0.1) is 19.3 Å². The molecule has 2 amide bonds. The second-order valence-electron chi connectivity index (χ2n) is 10.2. The Morgan fingerprint density at radius 1 is 1.02 bits per heavy atom. The molecule has 2 atom stereocenters. The van der Waals surface area contributed by atoms with Crippen LogP contribution >= 0.6 is 0 Å².